The van der Waals surface area contributed by atoms with Crippen molar-refractivity contribution in [2.24, 2.45) is 10.9 Å². The molecule has 1 unspecified atom stereocenters. The van der Waals surface area contributed by atoms with Gasteiger partial charge in [0.15, 0.2) is 5.96 Å². The van der Waals surface area contributed by atoms with Crippen LogP contribution in [0.1, 0.15) is 33.6 Å². The first-order valence-corrected chi connectivity index (χ1v) is 8.12. The topological polar surface area (TPSA) is 48.9 Å². The van der Waals surface area contributed by atoms with Gasteiger partial charge < -0.3 is 20.3 Å². The average Bonchev–Trinajstić information content (AvgIpc) is 2.89. The molecule has 1 aliphatic rings. The first-order chi connectivity index (χ1) is 9.80. The molecule has 5 heteroatoms. The minimum atomic E-state index is 0.712. The molecule has 1 fully saturated rings. The fourth-order valence-electron chi connectivity index (χ4n) is 2.53. The molecule has 1 saturated heterocycles. The molecule has 0 aromatic heterocycles. The van der Waals surface area contributed by atoms with Gasteiger partial charge in [0, 0.05) is 32.8 Å². The Morgan fingerprint density at radius 2 is 2.15 bits per heavy atom. The highest BCUT2D eigenvalue weighted by Gasteiger charge is 2.21. The lowest BCUT2D eigenvalue weighted by atomic mass is 10.1. The highest BCUT2D eigenvalue weighted by molar-refractivity contribution is 5.79. The molecule has 1 heterocycles. The Bertz CT molecular complexity index is 271. The summed E-state index contributed by atoms with van der Waals surface area (Å²) in [5, 5.41) is 6.61. The van der Waals surface area contributed by atoms with Crippen molar-refractivity contribution in [2.75, 3.05) is 52.5 Å². The van der Waals surface area contributed by atoms with E-state index in [1.807, 2.05) is 6.92 Å². The Morgan fingerprint density at radius 3 is 2.85 bits per heavy atom. The molecule has 1 rings (SSSR count). The Morgan fingerprint density at radius 1 is 1.30 bits per heavy atom. The Kier molecular flexibility index (Phi) is 9.41. The van der Waals surface area contributed by atoms with Crippen molar-refractivity contribution in [3.63, 3.8) is 0 Å². The van der Waals surface area contributed by atoms with Crippen LogP contribution in [0.15, 0.2) is 4.99 Å². The molecular formula is C15H32N4O. The van der Waals surface area contributed by atoms with Crippen molar-refractivity contribution >= 4 is 5.96 Å². The summed E-state index contributed by atoms with van der Waals surface area (Å²) >= 11 is 0. The van der Waals surface area contributed by atoms with Crippen molar-refractivity contribution in [3.05, 3.63) is 0 Å². The lowest BCUT2D eigenvalue weighted by molar-refractivity contribution is 0.152. The maximum absolute atomic E-state index is 5.33. The molecule has 5 nitrogen and oxygen atoms in total. The van der Waals surface area contributed by atoms with Crippen LogP contribution in [0.4, 0.5) is 0 Å². The molecule has 0 radical (unpaired) electrons. The Labute approximate surface area is 124 Å². The van der Waals surface area contributed by atoms with E-state index in [2.05, 4.69) is 29.4 Å². The van der Waals surface area contributed by atoms with Crippen LogP contribution in [-0.4, -0.2) is 63.3 Å². The summed E-state index contributed by atoms with van der Waals surface area (Å²) < 4.78 is 5.33. The van der Waals surface area contributed by atoms with Gasteiger partial charge >= 0.3 is 0 Å². The van der Waals surface area contributed by atoms with Crippen LogP contribution >= 0.6 is 0 Å². The van der Waals surface area contributed by atoms with E-state index in [0.29, 0.717) is 5.92 Å². The summed E-state index contributed by atoms with van der Waals surface area (Å²) in [4.78, 5) is 7.25. The lowest BCUT2D eigenvalue weighted by Gasteiger charge is -2.15. The van der Waals surface area contributed by atoms with E-state index < -0.39 is 0 Å². The zero-order chi connectivity index (χ0) is 14.6. The van der Waals surface area contributed by atoms with E-state index in [1.54, 1.807) is 0 Å². The van der Waals surface area contributed by atoms with Crippen molar-refractivity contribution in [2.45, 2.75) is 33.6 Å². The molecular weight excluding hydrogens is 252 g/mol. The molecule has 118 valence electrons. The van der Waals surface area contributed by atoms with Crippen LogP contribution in [0, 0.1) is 5.92 Å². The molecule has 2 N–H and O–H groups in total. The van der Waals surface area contributed by atoms with Crippen LogP contribution in [-0.2, 0) is 4.74 Å². The van der Waals surface area contributed by atoms with Gasteiger partial charge in [-0.3, -0.25) is 4.99 Å². The van der Waals surface area contributed by atoms with Gasteiger partial charge in [0.05, 0.1) is 6.61 Å². The number of nitrogens with zero attached hydrogens (tertiary/aromatic N) is 2. The van der Waals surface area contributed by atoms with E-state index >= 15 is 0 Å². The fraction of sp³-hybridized carbons (Fsp3) is 0.933. The number of hydrogen-bond acceptors (Lipinski definition) is 3. The number of rotatable bonds is 9. The summed E-state index contributed by atoms with van der Waals surface area (Å²) in [5.41, 5.74) is 0. The SMILES string of the molecule is CCCN1CCC(CN=C(NCC)NCCOCC)C1. The summed E-state index contributed by atoms with van der Waals surface area (Å²) in [7, 11) is 0. The highest BCUT2D eigenvalue weighted by Crippen LogP contribution is 2.16. The Hall–Kier alpha value is -0.810. The first-order valence-electron chi connectivity index (χ1n) is 8.12. The third-order valence-corrected chi connectivity index (χ3v) is 3.50. The molecule has 1 aliphatic heterocycles. The van der Waals surface area contributed by atoms with Crippen molar-refractivity contribution in [1.82, 2.24) is 15.5 Å². The van der Waals surface area contributed by atoms with Crippen LogP contribution in [0.5, 0.6) is 0 Å². The molecule has 0 bridgehead atoms. The molecule has 0 spiro atoms. The van der Waals surface area contributed by atoms with Gasteiger partial charge in [-0.2, -0.15) is 0 Å². The van der Waals surface area contributed by atoms with E-state index in [0.717, 1.165) is 38.8 Å². The average molecular weight is 284 g/mol. The summed E-state index contributed by atoms with van der Waals surface area (Å²) in [6, 6.07) is 0. The van der Waals surface area contributed by atoms with Crippen LogP contribution < -0.4 is 10.6 Å². The standard InChI is InChI=1S/C15H32N4O/c1-4-9-19-10-7-14(13-19)12-18-15(16-5-2)17-8-11-20-6-3/h14H,4-13H2,1-3H3,(H2,16,17,18). The molecule has 0 saturated carbocycles. The number of likely N-dealkylation sites (tertiary alicyclic amines) is 1. The molecule has 0 aliphatic carbocycles. The quantitative estimate of drug-likeness (QED) is 0.381. The monoisotopic (exact) mass is 284 g/mol. The van der Waals surface area contributed by atoms with Crippen molar-refractivity contribution in [3.8, 4) is 0 Å². The maximum atomic E-state index is 5.33. The number of guanidine groups is 1. The normalized spacial score (nSPS) is 20.4. The van der Waals surface area contributed by atoms with Crippen LogP contribution in [0.25, 0.3) is 0 Å². The third kappa shape index (κ3) is 7.10. The number of aliphatic imine (C=N–C) groups is 1. The smallest absolute Gasteiger partial charge is 0.191 e. The van der Waals surface area contributed by atoms with Crippen LogP contribution in [0.3, 0.4) is 0 Å². The third-order valence-electron chi connectivity index (χ3n) is 3.50. The second kappa shape index (κ2) is 10.9. The lowest BCUT2D eigenvalue weighted by Crippen LogP contribution is -2.39. The second-order valence-corrected chi connectivity index (χ2v) is 5.30. The van der Waals surface area contributed by atoms with Gasteiger partial charge in [-0.1, -0.05) is 6.92 Å². The van der Waals surface area contributed by atoms with Gasteiger partial charge in [0.2, 0.25) is 0 Å². The largest absolute Gasteiger partial charge is 0.380 e. The predicted octanol–water partition coefficient (Wildman–Crippen LogP) is 1.31. The maximum Gasteiger partial charge on any atom is 0.191 e. The number of nitrogens with one attached hydrogen (secondary N) is 2. The molecule has 20 heavy (non-hydrogen) atoms. The van der Waals surface area contributed by atoms with Crippen molar-refractivity contribution < 1.29 is 4.74 Å². The van der Waals surface area contributed by atoms with Gasteiger partial charge in [0.1, 0.15) is 0 Å². The van der Waals surface area contributed by atoms with Gasteiger partial charge in [-0.15, -0.1) is 0 Å². The molecule has 1 atom stereocenters. The van der Waals surface area contributed by atoms with Crippen LogP contribution in [0.2, 0.25) is 0 Å². The molecule has 0 aromatic carbocycles. The molecule has 0 aromatic rings. The van der Waals surface area contributed by atoms with Gasteiger partial charge in [0.25, 0.3) is 0 Å². The fourth-order valence-corrected chi connectivity index (χ4v) is 2.53. The molecule has 0 amide bonds. The van der Waals surface area contributed by atoms with E-state index in [4.69, 9.17) is 9.73 Å². The number of ether oxygens (including phenoxy) is 1. The van der Waals surface area contributed by atoms with E-state index in [1.165, 1.54) is 32.5 Å². The van der Waals surface area contributed by atoms with E-state index in [-0.39, 0.29) is 0 Å². The Balaban J connectivity index is 2.27. The zero-order valence-electron chi connectivity index (χ0n) is 13.5. The van der Waals surface area contributed by atoms with Crippen molar-refractivity contribution in [1.29, 1.82) is 0 Å². The van der Waals surface area contributed by atoms with Gasteiger partial charge in [-0.05, 0) is 45.7 Å². The summed E-state index contributed by atoms with van der Waals surface area (Å²) in [6.45, 7) is 14.2. The summed E-state index contributed by atoms with van der Waals surface area (Å²) in [5.74, 6) is 1.63. The highest BCUT2D eigenvalue weighted by atomic mass is 16.5. The van der Waals surface area contributed by atoms with E-state index in [9.17, 15) is 0 Å². The summed E-state index contributed by atoms with van der Waals surface area (Å²) in [6.07, 6.45) is 2.53. The first kappa shape index (κ1) is 17.2. The predicted molar refractivity (Wildman–Crippen MR) is 85.3 cm³/mol. The van der Waals surface area contributed by atoms with Gasteiger partial charge in [-0.25, -0.2) is 0 Å². The number of hydrogen-bond donors (Lipinski definition) is 2. The zero-order valence-corrected chi connectivity index (χ0v) is 13.5. The second-order valence-electron chi connectivity index (χ2n) is 5.30. The minimum absolute atomic E-state index is 0.712. The minimum Gasteiger partial charge on any atom is -0.380 e.